The number of nitrogens with zero attached hydrogens (tertiary/aromatic N) is 2. The SMILES string of the molecule is COc1ccccc1OCCCc1oc(N2CCCC(CO)C2)nc1-c1ccc(Cl)cc1. The topological polar surface area (TPSA) is 68.0 Å². The molecule has 0 amide bonds. The number of aromatic nitrogens is 1. The normalized spacial score (nSPS) is 16.2. The zero-order valence-corrected chi connectivity index (χ0v) is 19.1. The van der Waals surface area contributed by atoms with Crippen molar-refractivity contribution in [3.63, 3.8) is 0 Å². The van der Waals surface area contributed by atoms with Gasteiger partial charge in [0.05, 0.1) is 13.7 Å². The summed E-state index contributed by atoms with van der Waals surface area (Å²) in [6.45, 7) is 2.36. The molecular formula is C25H29ClN2O4. The summed E-state index contributed by atoms with van der Waals surface area (Å²) in [4.78, 5) is 6.98. The molecule has 1 unspecified atom stereocenters. The van der Waals surface area contributed by atoms with E-state index in [0.29, 0.717) is 24.1 Å². The molecule has 1 aromatic heterocycles. The Hall–Kier alpha value is -2.70. The number of methoxy groups -OCH3 is 1. The number of halogens is 1. The summed E-state index contributed by atoms with van der Waals surface area (Å²) in [5.41, 5.74) is 1.81. The van der Waals surface area contributed by atoms with Crippen molar-refractivity contribution in [3.05, 3.63) is 59.3 Å². The van der Waals surface area contributed by atoms with Crippen molar-refractivity contribution >= 4 is 17.6 Å². The van der Waals surface area contributed by atoms with Crippen LogP contribution in [0, 0.1) is 5.92 Å². The standard InChI is InChI=1S/C25H29ClN2O4/c1-30-21-7-2-3-8-22(21)31-15-5-9-23-24(19-10-12-20(26)13-11-19)27-25(32-23)28-14-4-6-18(16-28)17-29/h2-3,7-8,10-13,18,29H,4-6,9,14-17H2,1H3. The molecule has 1 fully saturated rings. The second-order valence-corrected chi connectivity index (χ2v) is 8.45. The summed E-state index contributed by atoms with van der Waals surface area (Å²) in [7, 11) is 1.64. The van der Waals surface area contributed by atoms with Crippen LogP contribution in [0.4, 0.5) is 6.01 Å². The first-order valence-corrected chi connectivity index (χ1v) is 11.4. The molecule has 0 spiro atoms. The van der Waals surface area contributed by atoms with E-state index in [1.54, 1.807) is 7.11 Å². The maximum atomic E-state index is 9.58. The fourth-order valence-corrected chi connectivity index (χ4v) is 4.14. The average molecular weight is 457 g/mol. The number of rotatable bonds is 9. The lowest BCUT2D eigenvalue weighted by Crippen LogP contribution is -2.36. The number of aryl methyl sites for hydroxylation is 1. The molecule has 2 heterocycles. The monoisotopic (exact) mass is 456 g/mol. The van der Waals surface area contributed by atoms with Crippen LogP contribution < -0.4 is 14.4 Å². The van der Waals surface area contributed by atoms with E-state index >= 15 is 0 Å². The van der Waals surface area contributed by atoms with Crippen LogP contribution in [0.1, 0.15) is 25.0 Å². The molecule has 0 bridgehead atoms. The van der Waals surface area contributed by atoms with Crippen LogP contribution in [0.3, 0.4) is 0 Å². The minimum Gasteiger partial charge on any atom is -0.493 e. The van der Waals surface area contributed by atoms with Gasteiger partial charge in [0.25, 0.3) is 6.01 Å². The summed E-state index contributed by atoms with van der Waals surface area (Å²) in [6, 6.07) is 15.9. The molecule has 32 heavy (non-hydrogen) atoms. The minimum atomic E-state index is 0.189. The molecule has 7 heteroatoms. The third-order valence-electron chi connectivity index (χ3n) is 5.73. The largest absolute Gasteiger partial charge is 0.493 e. The predicted octanol–water partition coefficient (Wildman–Crippen LogP) is 5.22. The van der Waals surface area contributed by atoms with Crippen LogP contribution in [-0.2, 0) is 6.42 Å². The van der Waals surface area contributed by atoms with Gasteiger partial charge in [-0.15, -0.1) is 0 Å². The van der Waals surface area contributed by atoms with E-state index in [2.05, 4.69) is 4.90 Å². The van der Waals surface area contributed by atoms with Gasteiger partial charge in [-0.25, -0.2) is 0 Å². The number of aliphatic hydroxyl groups is 1. The van der Waals surface area contributed by atoms with Crippen molar-refractivity contribution in [2.45, 2.75) is 25.7 Å². The number of para-hydroxylation sites is 2. The first-order chi connectivity index (χ1) is 15.7. The molecule has 6 nitrogen and oxygen atoms in total. The molecule has 0 aliphatic carbocycles. The van der Waals surface area contributed by atoms with Gasteiger partial charge < -0.3 is 23.9 Å². The van der Waals surface area contributed by atoms with Gasteiger partial charge in [0, 0.05) is 36.7 Å². The van der Waals surface area contributed by atoms with E-state index in [-0.39, 0.29) is 12.5 Å². The fourth-order valence-electron chi connectivity index (χ4n) is 4.02. The van der Waals surface area contributed by atoms with Crippen LogP contribution in [0.15, 0.2) is 52.9 Å². The summed E-state index contributed by atoms with van der Waals surface area (Å²) >= 11 is 6.08. The Kier molecular flexibility index (Phi) is 7.55. The molecule has 4 rings (SSSR count). The molecule has 1 atom stereocenters. The summed E-state index contributed by atoms with van der Waals surface area (Å²) in [5.74, 6) is 2.54. The van der Waals surface area contributed by atoms with E-state index in [0.717, 1.165) is 60.9 Å². The van der Waals surface area contributed by atoms with Gasteiger partial charge in [-0.3, -0.25) is 0 Å². The highest BCUT2D eigenvalue weighted by atomic mass is 35.5. The zero-order chi connectivity index (χ0) is 22.3. The zero-order valence-electron chi connectivity index (χ0n) is 18.3. The lowest BCUT2D eigenvalue weighted by molar-refractivity contribution is 0.206. The number of ether oxygens (including phenoxy) is 2. The third kappa shape index (κ3) is 5.37. The van der Waals surface area contributed by atoms with Crippen LogP contribution >= 0.6 is 11.6 Å². The highest BCUT2D eigenvalue weighted by Crippen LogP contribution is 2.32. The van der Waals surface area contributed by atoms with Gasteiger partial charge in [-0.2, -0.15) is 4.98 Å². The Morgan fingerprint density at radius 1 is 1.16 bits per heavy atom. The fraction of sp³-hybridized carbons (Fsp3) is 0.400. The average Bonchev–Trinajstić information content (AvgIpc) is 3.27. The van der Waals surface area contributed by atoms with Crippen molar-refractivity contribution in [1.82, 2.24) is 4.98 Å². The van der Waals surface area contributed by atoms with Gasteiger partial charge in [0.1, 0.15) is 11.5 Å². The van der Waals surface area contributed by atoms with E-state index in [1.807, 2.05) is 48.5 Å². The highest BCUT2D eigenvalue weighted by molar-refractivity contribution is 6.30. The van der Waals surface area contributed by atoms with Crippen molar-refractivity contribution in [3.8, 4) is 22.8 Å². The minimum absolute atomic E-state index is 0.189. The lowest BCUT2D eigenvalue weighted by atomic mass is 9.99. The Morgan fingerprint density at radius 3 is 2.69 bits per heavy atom. The van der Waals surface area contributed by atoms with Crippen LogP contribution in [-0.4, -0.2) is 43.5 Å². The van der Waals surface area contributed by atoms with Gasteiger partial charge in [-0.05, 0) is 49.4 Å². The van der Waals surface area contributed by atoms with Crippen molar-refractivity contribution in [1.29, 1.82) is 0 Å². The summed E-state index contributed by atoms with van der Waals surface area (Å²) in [6.07, 6.45) is 3.51. The molecule has 3 aromatic rings. The molecular weight excluding hydrogens is 428 g/mol. The highest BCUT2D eigenvalue weighted by Gasteiger charge is 2.25. The van der Waals surface area contributed by atoms with Crippen molar-refractivity contribution in [2.75, 3.05) is 38.3 Å². The van der Waals surface area contributed by atoms with Gasteiger partial charge in [-0.1, -0.05) is 35.9 Å². The van der Waals surface area contributed by atoms with Crippen LogP contribution in [0.5, 0.6) is 11.5 Å². The van der Waals surface area contributed by atoms with Crippen LogP contribution in [0.2, 0.25) is 5.02 Å². The molecule has 1 saturated heterocycles. The van der Waals surface area contributed by atoms with Gasteiger partial charge >= 0.3 is 0 Å². The molecule has 170 valence electrons. The lowest BCUT2D eigenvalue weighted by Gasteiger charge is -2.30. The molecule has 1 aliphatic rings. The number of benzene rings is 2. The molecule has 0 radical (unpaired) electrons. The Morgan fingerprint density at radius 2 is 1.94 bits per heavy atom. The second kappa shape index (κ2) is 10.7. The maximum absolute atomic E-state index is 9.58. The molecule has 2 aromatic carbocycles. The van der Waals surface area contributed by atoms with Crippen molar-refractivity contribution in [2.24, 2.45) is 5.92 Å². The number of oxazole rings is 1. The second-order valence-electron chi connectivity index (χ2n) is 8.01. The number of aliphatic hydroxyl groups excluding tert-OH is 1. The predicted molar refractivity (Wildman–Crippen MR) is 126 cm³/mol. The van der Waals surface area contributed by atoms with E-state index in [9.17, 15) is 5.11 Å². The van der Waals surface area contributed by atoms with Crippen LogP contribution in [0.25, 0.3) is 11.3 Å². The van der Waals surface area contributed by atoms with E-state index in [1.165, 1.54) is 0 Å². The van der Waals surface area contributed by atoms with E-state index in [4.69, 9.17) is 30.5 Å². The summed E-state index contributed by atoms with van der Waals surface area (Å²) < 4.78 is 17.5. The Bertz CT molecular complexity index is 1010. The number of anilines is 1. The third-order valence-corrected chi connectivity index (χ3v) is 5.98. The smallest absolute Gasteiger partial charge is 0.298 e. The summed E-state index contributed by atoms with van der Waals surface area (Å²) in [5, 5.41) is 10.3. The Labute approximate surface area is 193 Å². The first-order valence-electron chi connectivity index (χ1n) is 11.0. The molecule has 1 N–H and O–H groups in total. The number of piperidine rings is 1. The van der Waals surface area contributed by atoms with Gasteiger partial charge in [0.2, 0.25) is 0 Å². The number of hydrogen-bond donors (Lipinski definition) is 1. The Balaban J connectivity index is 1.49. The van der Waals surface area contributed by atoms with E-state index < -0.39 is 0 Å². The number of hydrogen-bond acceptors (Lipinski definition) is 6. The van der Waals surface area contributed by atoms with Crippen molar-refractivity contribution < 1.29 is 19.0 Å². The molecule has 1 aliphatic heterocycles. The van der Waals surface area contributed by atoms with Gasteiger partial charge in [0.15, 0.2) is 11.5 Å². The molecule has 0 saturated carbocycles. The maximum Gasteiger partial charge on any atom is 0.298 e. The quantitative estimate of drug-likeness (QED) is 0.445. The first kappa shape index (κ1) is 22.5.